The molecule has 0 heterocycles. The maximum absolute atomic E-state index is 6.23. The van der Waals surface area contributed by atoms with Crippen molar-refractivity contribution in [2.45, 2.75) is 18.6 Å². The summed E-state index contributed by atoms with van der Waals surface area (Å²) in [7, 11) is -1.69. The SMILES string of the molecule is C=CC(=C)C(C=C)[Si](C)(C)Cl. The second kappa shape index (κ2) is 3.93. The zero-order valence-corrected chi connectivity index (χ0v) is 8.99. The number of hydrogen-bond acceptors (Lipinski definition) is 0. The molecule has 1 atom stereocenters. The fourth-order valence-electron chi connectivity index (χ4n) is 0.999. The molecule has 0 aliphatic rings. The van der Waals surface area contributed by atoms with E-state index in [-0.39, 0.29) is 5.54 Å². The van der Waals surface area contributed by atoms with Crippen molar-refractivity contribution in [1.29, 1.82) is 0 Å². The molecule has 0 aliphatic carbocycles. The first kappa shape index (κ1) is 10.7. The first-order valence-electron chi connectivity index (χ1n) is 3.56. The Hall–Kier alpha value is -0.273. The lowest BCUT2D eigenvalue weighted by atomic mass is 10.2. The van der Waals surface area contributed by atoms with Crippen molar-refractivity contribution in [3.63, 3.8) is 0 Å². The third kappa shape index (κ3) is 3.08. The Morgan fingerprint density at radius 2 is 1.91 bits per heavy atom. The standard InChI is InChI=1S/C9H15ClSi/c1-6-8(3)9(7-2)11(4,5)10/h6-7,9H,1-3H2,4-5H3. The molecule has 0 aromatic rings. The molecule has 2 heteroatoms. The van der Waals surface area contributed by atoms with Gasteiger partial charge in [-0.05, 0) is 0 Å². The molecule has 0 radical (unpaired) electrons. The summed E-state index contributed by atoms with van der Waals surface area (Å²) in [4.78, 5) is 0. The van der Waals surface area contributed by atoms with E-state index in [0.717, 1.165) is 5.57 Å². The van der Waals surface area contributed by atoms with Gasteiger partial charge in [-0.3, -0.25) is 0 Å². The van der Waals surface area contributed by atoms with Gasteiger partial charge in [0.05, 0.1) is 0 Å². The zero-order chi connectivity index (χ0) is 9.07. The van der Waals surface area contributed by atoms with E-state index in [4.69, 9.17) is 11.1 Å². The lowest BCUT2D eigenvalue weighted by Gasteiger charge is -2.23. The Kier molecular flexibility index (Phi) is 3.83. The minimum absolute atomic E-state index is 0.238. The Balaban J connectivity index is 4.54. The van der Waals surface area contributed by atoms with Gasteiger partial charge in [0, 0.05) is 5.54 Å². The van der Waals surface area contributed by atoms with Crippen LogP contribution in [0.5, 0.6) is 0 Å². The van der Waals surface area contributed by atoms with E-state index in [0.29, 0.717) is 0 Å². The van der Waals surface area contributed by atoms with E-state index in [1.807, 2.05) is 6.08 Å². The average Bonchev–Trinajstić information content (AvgIpc) is 1.86. The monoisotopic (exact) mass is 186 g/mol. The summed E-state index contributed by atoms with van der Waals surface area (Å²) in [5.74, 6) is 0. The van der Waals surface area contributed by atoms with Crippen LogP contribution >= 0.6 is 11.1 Å². The number of rotatable bonds is 4. The highest BCUT2D eigenvalue weighted by atomic mass is 35.6. The third-order valence-electron chi connectivity index (χ3n) is 1.64. The summed E-state index contributed by atoms with van der Waals surface area (Å²) in [6.45, 7) is 15.4. The highest BCUT2D eigenvalue weighted by Crippen LogP contribution is 2.32. The highest BCUT2D eigenvalue weighted by molar-refractivity contribution is 7.20. The predicted octanol–water partition coefficient (Wildman–Crippen LogP) is 3.73. The van der Waals surface area contributed by atoms with Gasteiger partial charge in [0.2, 0.25) is 0 Å². The van der Waals surface area contributed by atoms with Gasteiger partial charge in [-0.25, -0.2) is 0 Å². The molecule has 0 nitrogen and oxygen atoms in total. The zero-order valence-electron chi connectivity index (χ0n) is 7.23. The van der Waals surface area contributed by atoms with Crippen molar-refractivity contribution in [3.8, 4) is 0 Å². The quantitative estimate of drug-likeness (QED) is 0.272. The van der Waals surface area contributed by atoms with Crippen molar-refractivity contribution < 1.29 is 0 Å². The minimum atomic E-state index is -1.69. The van der Waals surface area contributed by atoms with E-state index in [9.17, 15) is 0 Å². The molecule has 62 valence electrons. The molecule has 0 bridgehead atoms. The Morgan fingerprint density at radius 3 is 2.00 bits per heavy atom. The second-order valence-electron chi connectivity index (χ2n) is 3.06. The van der Waals surface area contributed by atoms with Crippen LogP contribution in [0.1, 0.15) is 0 Å². The van der Waals surface area contributed by atoms with E-state index < -0.39 is 7.38 Å². The fourth-order valence-corrected chi connectivity index (χ4v) is 3.25. The van der Waals surface area contributed by atoms with E-state index in [1.54, 1.807) is 6.08 Å². The van der Waals surface area contributed by atoms with Crippen molar-refractivity contribution >= 4 is 18.5 Å². The molecule has 0 saturated heterocycles. The summed E-state index contributed by atoms with van der Waals surface area (Å²) >= 11 is 6.23. The molecule has 1 unspecified atom stereocenters. The molecule has 0 N–H and O–H groups in total. The third-order valence-corrected chi connectivity index (χ3v) is 4.43. The van der Waals surface area contributed by atoms with Gasteiger partial charge in [-0.1, -0.05) is 44.0 Å². The first-order chi connectivity index (χ1) is 4.93. The number of allylic oxidation sites excluding steroid dienone is 3. The first-order valence-corrected chi connectivity index (χ1v) is 7.65. The van der Waals surface area contributed by atoms with Crippen molar-refractivity contribution in [2.75, 3.05) is 0 Å². The van der Waals surface area contributed by atoms with Crippen LogP contribution in [0.25, 0.3) is 0 Å². The van der Waals surface area contributed by atoms with Gasteiger partial charge in [0.25, 0.3) is 0 Å². The molecule has 0 aromatic heterocycles. The summed E-state index contributed by atoms with van der Waals surface area (Å²) in [5.41, 5.74) is 1.22. The summed E-state index contributed by atoms with van der Waals surface area (Å²) < 4.78 is 0. The molecule has 0 rings (SSSR count). The van der Waals surface area contributed by atoms with Crippen LogP contribution in [0.4, 0.5) is 0 Å². The highest BCUT2D eigenvalue weighted by Gasteiger charge is 2.28. The van der Waals surface area contributed by atoms with E-state index in [1.165, 1.54) is 0 Å². The smallest absolute Gasteiger partial charge is 0.161 e. The molecular formula is C9H15ClSi. The van der Waals surface area contributed by atoms with Gasteiger partial charge in [-0.2, -0.15) is 11.1 Å². The van der Waals surface area contributed by atoms with Gasteiger partial charge < -0.3 is 0 Å². The van der Waals surface area contributed by atoms with E-state index >= 15 is 0 Å². The number of halogens is 1. The van der Waals surface area contributed by atoms with Gasteiger partial charge in [0.1, 0.15) is 0 Å². The molecule has 0 aliphatic heterocycles. The fraction of sp³-hybridized carbons (Fsp3) is 0.333. The van der Waals surface area contributed by atoms with Crippen molar-refractivity contribution in [2.24, 2.45) is 0 Å². The van der Waals surface area contributed by atoms with Crippen molar-refractivity contribution in [1.82, 2.24) is 0 Å². The van der Waals surface area contributed by atoms with Crippen LogP contribution in [-0.2, 0) is 0 Å². The average molecular weight is 187 g/mol. The van der Waals surface area contributed by atoms with E-state index in [2.05, 4.69) is 32.8 Å². The molecular weight excluding hydrogens is 172 g/mol. The van der Waals surface area contributed by atoms with Gasteiger partial charge in [-0.15, -0.1) is 6.58 Å². The molecule has 0 fully saturated rings. The molecule has 11 heavy (non-hydrogen) atoms. The largest absolute Gasteiger partial charge is 0.167 e. The molecule has 0 amide bonds. The van der Waals surface area contributed by atoms with Crippen LogP contribution < -0.4 is 0 Å². The van der Waals surface area contributed by atoms with Gasteiger partial charge in [0.15, 0.2) is 7.38 Å². The predicted molar refractivity (Wildman–Crippen MR) is 56.6 cm³/mol. The van der Waals surface area contributed by atoms with Gasteiger partial charge >= 0.3 is 0 Å². The normalized spacial score (nSPS) is 13.7. The summed E-state index contributed by atoms with van der Waals surface area (Å²) in [5, 5.41) is 0. The second-order valence-corrected chi connectivity index (χ2v) is 9.73. The van der Waals surface area contributed by atoms with Crippen LogP contribution in [0, 0.1) is 0 Å². The lowest BCUT2D eigenvalue weighted by Crippen LogP contribution is -2.24. The van der Waals surface area contributed by atoms with Crippen molar-refractivity contribution in [3.05, 3.63) is 37.5 Å². The maximum Gasteiger partial charge on any atom is 0.161 e. The summed E-state index contributed by atoms with van der Waals surface area (Å²) in [6.07, 6.45) is 3.62. The number of hydrogen-bond donors (Lipinski definition) is 0. The maximum atomic E-state index is 6.23. The molecule has 0 saturated carbocycles. The molecule has 0 aromatic carbocycles. The lowest BCUT2D eigenvalue weighted by molar-refractivity contribution is 1.23. The van der Waals surface area contributed by atoms with Crippen LogP contribution in [-0.4, -0.2) is 7.38 Å². The Bertz CT molecular complexity index is 176. The Labute approximate surface area is 75.0 Å². The van der Waals surface area contributed by atoms with Crippen LogP contribution in [0.3, 0.4) is 0 Å². The minimum Gasteiger partial charge on any atom is -0.167 e. The van der Waals surface area contributed by atoms with Crippen LogP contribution in [0.2, 0.25) is 18.6 Å². The topological polar surface area (TPSA) is 0 Å². The summed E-state index contributed by atoms with van der Waals surface area (Å²) in [6, 6.07) is 0. The Morgan fingerprint density at radius 1 is 1.45 bits per heavy atom. The molecule has 0 spiro atoms. The van der Waals surface area contributed by atoms with Crippen LogP contribution in [0.15, 0.2) is 37.5 Å².